The lowest BCUT2D eigenvalue weighted by Gasteiger charge is -2.09. The lowest BCUT2D eigenvalue weighted by atomic mass is 10.2. The second-order valence-corrected chi connectivity index (χ2v) is 6.22. The third-order valence-corrected chi connectivity index (χ3v) is 4.38. The van der Waals surface area contributed by atoms with Crippen molar-refractivity contribution in [3.63, 3.8) is 0 Å². The van der Waals surface area contributed by atoms with Gasteiger partial charge in [0.2, 0.25) is 0 Å². The van der Waals surface area contributed by atoms with Crippen LogP contribution in [0.2, 0.25) is 0 Å². The van der Waals surface area contributed by atoms with E-state index in [0.29, 0.717) is 11.3 Å². The maximum atomic E-state index is 12.4. The van der Waals surface area contributed by atoms with Crippen molar-refractivity contribution in [3.05, 3.63) is 88.4 Å². The fraction of sp³-hybridized carbons (Fsp3) is 0.0500. The molecule has 0 unspecified atom stereocenters. The molecule has 1 amide bonds. The minimum atomic E-state index is -0.171. The molecular weight excluding hydrogens is 366 g/mol. The van der Waals surface area contributed by atoms with Crippen LogP contribution in [-0.2, 0) is 0 Å². The van der Waals surface area contributed by atoms with Gasteiger partial charge in [-0.2, -0.15) is 0 Å². The van der Waals surface area contributed by atoms with Gasteiger partial charge in [-0.15, -0.1) is 0 Å². The average molecular weight is 382 g/mol. The van der Waals surface area contributed by atoms with Crippen LogP contribution in [0, 0.1) is 6.92 Å². The zero-order valence-electron chi connectivity index (χ0n) is 13.1. The van der Waals surface area contributed by atoms with Crippen molar-refractivity contribution in [3.8, 4) is 11.5 Å². The van der Waals surface area contributed by atoms with E-state index in [4.69, 9.17) is 4.74 Å². The molecule has 120 valence electrons. The zero-order valence-corrected chi connectivity index (χ0v) is 14.7. The Morgan fingerprint density at radius 2 is 1.67 bits per heavy atom. The van der Waals surface area contributed by atoms with Crippen molar-refractivity contribution in [2.45, 2.75) is 6.92 Å². The van der Waals surface area contributed by atoms with Gasteiger partial charge in [0.15, 0.2) is 0 Å². The quantitative estimate of drug-likeness (QED) is 0.619. The first-order valence-corrected chi connectivity index (χ1v) is 8.31. The minimum Gasteiger partial charge on any atom is -0.457 e. The van der Waals surface area contributed by atoms with Crippen molar-refractivity contribution in [1.29, 1.82) is 0 Å². The Morgan fingerprint density at radius 1 is 0.917 bits per heavy atom. The average Bonchev–Trinajstić information content (AvgIpc) is 2.59. The van der Waals surface area contributed by atoms with E-state index < -0.39 is 0 Å². The predicted octanol–water partition coefficient (Wildman–Crippen LogP) is 5.80. The predicted molar refractivity (Wildman–Crippen MR) is 99.8 cm³/mol. The minimum absolute atomic E-state index is 0.171. The number of hydrogen-bond acceptors (Lipinski definition) is 2. The molecule has 0 spiro atoms. The maximum Gasteiger partial charge on any atom is 0.255 e. The number of carbonyl (C=O) groups is 1. The van der Waals surface area contributed by atoms with E-state index in [2.05, 4.69) is 21.2 Å². The smallest absolute Gasteiger partial charge is 0.255 e. The van der Waals surface area contributed by atoms with Gasteiger partial charge in [0, 0.05) is 15.7 Å². The van der Waals surface area contributed by atoms with Gasteiger partial charge >= 0.3 is 0 Å². The highest BCUT2D eigenvalue weighted by Gasteiger charge is 2.08. The SMILES string of the molecule is Cc1cc(NC(=O)c2cccc(Oc3ccccc3)c2)ccc1Br. The summed E-state index contributed by atoms with van der Waals surface area (Å²) in [6.07, 6.45) is 0. The number of carbonyl (C=O) groups excluding carboxylic acids is 1. The molecule has 0 aliphatic rings. The molecule has 3 nitrogen and oxygen atoms in total. The standard InChI is InChI=1S/C20H16BrNO2/c1-14-12-16(10-11-19(14)21)22-20(23)15-6-5-9-18(13-15)24-17-7-3-2-4-8-17/h2-13H,1H3,(H,22,23). The Hall–Kier alpha value is -2.59. The molecule has 0 aliphatic heterocycles. The molecule has 3 aromatic rings. The van der Waals surface area contributed by atoms with Crippen molar-refractivity contribution < 1.29 is 9.53 Å². The summed E-state index contributed by atoms with van der Waals surface area (Å²) in [7, 11) is 0. The fourth-order valence-corrected chi connectivity index (χ4v) is 2.50. The molecule has 0 fully saturated rings. The van der Waals surface area contributed by atoms with Crippen LogP contribution in [0.1, 0.15) is 15.9 Å². The third kappa shape index (κ3) is 4.03. The topological polar surface area (TPSA) is 38.3 Å². The second kappa shape index (κ2) is 7.32. The number of halogens is 1. The Labute approximate surface area is 149 Å². The molecule has 0 bridgehead atoms. The van der Waals surface area contributed by atoms with Crippen LogP contribution in [0.5, 0.6) is 11.5 Å². The van der Waals surface area contributed by atoms with Crippen molar-refractivity contribution >= 4 is 27.5 Å². The molecule has 24 heavy (non-hydrogen) atoms. The molecule has 0 radical (unpaired) electrons. The number of aryl methyl sites for hydroxylation is 1. The molecular formula is C20H16BrNO2. The Kier molecular flexibility index (Phi) is 4.96. The Morgan fingerprint density at radius 3 is 2.42 bits per heavy atom. The van der Waals surface area contributed by atoms with Gasteiger partial charge in [-0.1, -0.05) is 40.2 Å². The molecule has 0 aromatic heterocycles. The van der Waals surface area contributed by atoms with E-state index in [0.717, 1.165) is 21.5 Å². The molecule has 0 aliphatic carbocycles. The van der Waals surface area contributed by atoms with Crippen molar-refractivity contribution in [2.75, 3.05) is 5.32 Å². The summed E-state index contributed by atoms with van der Waals surface area (Å²) in [4.78, 5) is 12.4. The molecule has 3 rings (SSSR count). The largest absolute Gasteiger partial charge is 0.457 e. The molecule has 0 heterocycles. The highest BCUT2D eigenvalue weighted by Crippen LogP contribution is 2.23. The van der Waals surface area contributed by atoms with E-state index in [-0.39, 0.29) is 5.91 Å². The van der Waals surface area contributed by atoms with E-state index in [1.165, 1.54) is 0 Å². The van der Waals surface area contributed by atoms with Crippen molar-refractivity contribution in [1.82, 2.24) is 0 Å². The number of ether oxygens (including phenoxy) is 1. The fourth-order valence-electron chi connectivity index (χ4n) is 2.25. The summed E-state index contributed by atoms with van der Waals surface area (Å²) in [6, 6.07) is 22.3. The third-order valence-electron chi connectivity index (χ3n) is 3.49. The number of rotatable bonds is 4. The van der Waals surface area contributed by atoms with Crippen LogP contribution >= 0.6 is 15.9 Å². The van der Waals surface area contributed by atoms with E-state index in [9.17, 15) is 4.79 Å². The van der Waals surface area contributed by atoms with Crippen LogP contribution in [0.4, 0.5) is 5.69 Å². The van der Waals surface area contributed by atoms with Gasteiger partial charge in [-0.05, 0) is 61.0 Å². The van der Waals surface area contributed by atoms with E-state index in [1.807, 2.05) is 61.5 Å². The molecule has 4 heteroatoms. The lowest BCUT2D eigenvalue weighted by molar-refractivity contribution is 0.102. The molecule has 1 N–H and O–H groups in total. The first-order chi connectivity index (χ1) is 11.6. The first-order valence-electron chi connectivity index (χ1n) is 7.52. The van der Waals surface area contributed by atoms with Crippen LogP contribution in [0.3, 0.4) is 0 Å². The summed E-state index contributed by atoms with van der Waals surface area (Å²) in [6.45, 7) is 1.98. The molecule has 3 aromatic carbocycles. The maximum absolute atomic E-state index is 12.4. The van der Waals surface area contributed by atoms with Gasteiger partial charge in [0.05, 0.1) is 0 Å². The highest BCUT2D eigenvalue weighted by atomic mass is 79.9. The number of benzene rings is 3. The molecule has 0 saturated heterocycles. The summed E-state index contributed by atoms with van der Waals surface area (Å²) >= 11 is 3.45. The molecule has 0 atom stereocenters. The number of nitrogens with one attached hydrogen (secondary N) is 1. The highest BCUT2D eigenvalue weighted by molar-refractivity contribution is 9.10. The summed E-state index contributed by atoms with van der Waals surface area (Å²) < 4.78 is 6.78. The van der Waals surface area contributed by atoms with Gasteiger partial charge in [-0.25, -0.2) is 0 Å². The van der Waals surface area contributed by atoms with E-state index in [1.54, 1.807) is 18.2 Å². The second-order valence-electron chi connectivity index (χ2n) is 5.36. The van der Waals surface area contributed by atoms with E-state index >= 15 is 0 Å². The van der Waals surface area contributed by atoms with Gasteiger partial charge in [0.25, 0.3) is 5.91 Å². The van der Waals surface area contributed by atoms with Gasteiger partial charge in [0.1, 0.15) is 11.5 Å². The number of amides is 1. The lowest BCUT2D eigenvalue weighted by Crippen LogP contribution is -2.11. The summed E-state index contributed by atoms with van der Waals surface area (Å²) in [5.74, 6) is 1.19. The number of para-hydroxylation sites is 1. The first kappa shape index (κ1) is 16.3. The van der Waals surface area contributed by atoms with Gasteiger partial charge < -0.3 is 10.1 Å². The van der Waals surface area contributed by atoms with Crippen LogP contribution in [0.25, 0.3) is 0 Å². The Bertz CT molecular complexity index is 863. The normalized spacial score (nSPS) is 10.2. The molecule has 0 saturated carbocycles. The summed E-state index contributed by atoms with van der Waals surface area (Å²) in [5, 5.41) is 2.90. The monoisotopic (exact) mass is 381 g/mol. The van der Waals surface area contributed by atoms with Crippen LogP contribution in [0.15, 0.2) is 77.3 Å². The summed E-state index contributed by atoms with van der Waals surface area (Å²) in [5.41, 5.74) is 2.37. The zero-order chi connectivity index (χ0) is 16.9. The number of hydrogen-bond donors (Lipinski definition) is 1. The van der Waals surface area contributed by atoms with Crippen LogP contribution in [-0.4, -0.2) is 5.91 Å². The Balaban J connectivity index is 1.75. The van der Waals surface area contributed by atoms with Crippen molar-refractivity contribution in [2.24, 2.45) is 0 Å². The number of anilines is 1. The van der Waals surface area contributed by atoms with Gasteiger partial charge in [-0.3, -0.25) is 4.79 Å². The van der Waals surface area contributed by atoms with Crippen LogP contribution < -0.4 is 10.1 Å².